The van der Waals surface area contributed by atoms with Gasteiger partial charge in [-0.1, -0.05) is 0 Å². The summed E-state index contributed by atoms with van der Waals surface area (Å²) in [6, 6.07) is 3.98. The number of hydrogen-bond acceptors (Lipinski definition) is 9. The average molecular weight is 365 g/mol. The number of ether oxygens (including phenoxy) is 2. The number of aliphatic hydroxyl groups excluding tert-OH is 1. The normalized spacial score (nSPS) is 16.0. The van der Waals surface area contributed by atoms with Crippen LogP contribution in [-0.4, -0.2) is 70.9 Å². The Bertz CT molecular complexity index is 621. The van der Waals surface area contributed by atoms with Crippen LogP contribution in [0.15, 0.2) is 24.5 Å². The topological polar surface area (TPSA) is 92.6 Å². The van der Waals surface area contributed by atoms with Crippen LogP contribution in [0.25, 0.3) is 0 Å². The van der Waals surface area contributed by atoms with Gasteiger partial charge in [0.05, 0.1) is 24.9 Å². The van der Waals surface area contributed by atoms with Gasteiger partial charge in [0.25, 0.3) is 5.88 Å². The molecule has 3 heterocycles. The Morgan fingerprint density at radius 2 is 2.08 bits per heavy atom. The maximum absolute atomic E-state index is 10.1. The molecule has 0 amide bonds. The molecule has 1 atom stereocenters. The molecule has 0 radical (unpaired) electrons. The molecule has 9 heteroatoms. The van der Waals surface area contributed by atoms with E-state index < -0.39 is 6.10 Å². The van der Waals surface area contributed by atoms with Crippen molar-refractivity contribution in [1.29, 1.82) is 0 Å². The molecule has 3 rings (SSSR count). The SMILES string of the molecule is OC(CNCCc1ccncc1)COc1nsnc1N1CCOCC1. The number of nitrogens with one attached hydrogen (secondary N) is 1. The standard InChI is InChI=1S/C16H23N5O3S/c22-14(11-18-6-3-13-1-4-17-5-2-13)12-24-16-15(19-25-20-16)21-7-9-23-10-8-21/h1-2,4-5,14,18,22H,3,6-12H2. The molecule has 8 nitrogen and oxygen atoms in total. The third-order valence-electron chi connectivity index (χ3n) is 3.89. The fourth-order valence-corrected chi connectivity index (χ4v) is 3.04. The molecular formula is C16H23N5O3S. The highest BCUT2D eigenvalue weighted by Crippen LogP contribution is 2.26. The molecule has 1 unspecified atom stereocenters. The van der Waals surface area contributed by atoms with Crippen LogP contribution in [0, 0.1) is 0 Å². The van der Waals surface area contributed by atoms with Gasteiger partial charge < -0.3 is 24.8 Å². The molecule has 1 saturated heterocycles. The van der Waals surface area contributed by atoms with E-state index in [1.165, 1.54) is 5.56 Å². The van der Waals surface area contributed by atoms with E-state index in [0.717, 1.165) is 43.6 Å². The number of nitrogens with zero attached hydrogens (tertiary/aromatic N) is 4. The van der Waals surface area contributed by atoms with Crippen molar-refractivity contribution in [2.75, 3.05) is 50.9 Å². The minimum absolute atomic E-state index is 0.186. The fourth-order valence-electron chi connectivity index (χ4n) is 2.52. The molecule has 0 saturated carbocycles. The largest absolute Gasteiger partial charge is 0.472 e. The van der Waals surface area contributed by atoms with Crippen molar-refractivity contribution in [3.05, 3.63) is 30.1 Å². The van der Waals surface area contributed by atoms with E-state index in [2.05, 4.69) is 23.9 Å². The zero-order chi connectivity index (χ0) is 17.3. The van der Waals surface area contributed by atoms with E-state index in [-0.39, 0.29) is 6.61 Å². The van der Waals surface area contributed by atoms with Crippen LogP contribution in [-0.2, 0) is 11.2 Å². The Hall–Kier alpha value is -1.81. The number of hydrogen-bond donors (Lipinski definition) is 2. The molecule has 2 N–H and O–H groups in total. The first-order chi connectivity index (χ1) is 12.3. The lowest BCUT2D eigenvalue weighted by Crippen LogP contribution is -2.37. The molecule has 1 aliphatic rings. The quantitative estimate of drug-likeness (QED) is 0.615. The molecule has 25 heavy (non-hydrogen) atoms. The first kappa shape index (κ1) is 18.0. The second-order valence-electron chi connectivity index (χ2n) is 5.77. The highest BCUT2D eigenvalue weighted by atomic mass is 32.1. The fraction of sp³-hybridized carbons (Fsp3) is 0.562. The average Bonchev–Trinajstić information content (AvgIpc) is 3.14. The predicted octanol–water partition coefficient (Wildman–Crippen LogP) is 0.342. The summed E-state index contributed by atoms with van der Waals surface area (Å²) in [4.78, 5) is 6.09. The third-order valence-corrected chi connectivity index (χ3v) is 4.39. The summed E-state index contributed by atoms with van der Waals surface area (Å²) in [5.41, 5.74) is 1.22. The maximum atomic E-state index is 10.1. The second-order valence-corrected chi connectivity index (χ2v) is 6.30. The molecule has 2 aromatic rings. The molecule has 0 aliphatic carbocycles. The van der Waals surface area contributed by atoms with Crippen LogP contribution in [0.5, 0.6) is 5.88 Å². The van der Waals surface area contributed by atoms with E-state index in [1.54, 1.807) is 12.4 Å². The number of morpholine rings is 1. The first-order valence-corrected chi connectivity index (χ1v) is 9.11. The Morgan fingerprint density at radius 3 is 2.88 bits per heavy atom. The van der Waals surface area contributed by atoms with Gasteiger partial charge in [-0.3, -0.25) is 4.98 Å². The van der Waals surface area contributed by atoms with Gasteiger partial charge in [0, 0.05) is 32.0 Å². The summed E-state index contributed by atoms with van der Waals surface area (Å²) in [5.74, 6) is 1.23. The number of aromatic nitrogens is 3. The lowest BCUT2D eigenvalue weighted by atomic mass is 10.2. The van der Waals surface area contributed by atoms with Crippen LogP contribution < -0.4 is 15.0 Å². The Balaban J connectivity index is 1.36. The van der Waals surface area contributed by atoms with E-state index in [9.17, 15) is 5.11 Å². The highest BCUT2D eigenvalue weighted by molar-refractivity contribution is 6.99. The van der Waals surface area contributed by atoms with Crippen molar-refractivity contribution >= 4 is 17.5 Å². The summed E-state index contributed by atoms with van der Waals surface area (Å²) in [7, 11) is 0. The van der Waals surface area contributed by atoms with E-state index in [4.69, 9.17) is 9.47 Å². The van der Waals surface area contributed by atoms with Crippen molar-refractivity contribution in [1.82, 2.24) is 19.0 Å². The minimum Gasteiger partial charge on any atom is -0.472 e. The zero-order valence-electron chi connectivity index (χ0n) is 14.0. The smallest absolute Gasteiger partial charge is 0.270 e. The molecule has 1 fully saturated rings. The predicted molar refractivity (Wildman–Crippen MR) is 95.3 cm³/mol. The lowest BCUT2D eigenvalue weighted by Gasteiger charge is -2.26. The molecular weight excluding hydrogens is 342 g/mol. The van der Waals surface area contributed by atoms with E-state index in [0.29, 0.717) is 25.6 Å². The van der Waals surface area contributed by atoms with Gasteiger partial charge >= 0.3 is 0 Å². The highest BCUT2D eigenvalue weighted by Gasteiger charge is 2.20. The Kier molecular flexibility index (Phi) is 6.92. The summed E-state index contributed by atoms with van der Waals surface area (Å²) < 4.78 is 19.5. The van der Waals surface area contributed by atoms with Crippen LogP contribution in [0.3, 0.4) is 0 Å². The summed E-state index contributed by atoms with van der Waals surface area (Å²) in [6.45, 7) is 4.36. The molecule has 2 aromatic heterocycles. The van der Waals surface area contributed by atoms with Crippen molar-refractivity contribution < 1.29 is 14.6 Å². The summed E-state index contributed by atoms with van der Waals surface area (Å²) in [5, 5.41) is 13.3. The van der Waals surface area contributed by atoms with Crippen molar-refractivity contribution in [3.8, 4) is 5.88 Å². The Labute approximate surface area is 151 Å². The van der Waals surface area contributed by atoms with Gasteiger partial charge in [0.15, 0.2) is 0 Å². The number of pyridine rings is 1. The van der Waals surface area contributed by atoms with Gasteiger partial charge in [0.1, 0.15) is 12.7 Å². The molecule has 0 aromatic carbocycles. The summed E-state index contributed by atoms with van der Waals surface area (Å²) >= 11 is 1.12. The molecule has 0 spiro atoms. The van der Waals surface area contributed by atoms with Crippen LogP contribution >= 0.6 is 11.7 Å². The molecule has 136 valence electrons. The number of aliphatic hydroxyl groups is 1. The minimum atomic E-state index is -0.600. The van der Waals surface area contributed by atoms with Crippen LogP contribution in [0.1, 0.15) is 5.56 Å². The monoisotopic (exact) mass is 365 g/mol. The van der Waals surface area contributed by atoms with E-state index in [1.807, 2.05) is 12.1 Å². The molecule has 1 aliphatic heterocycles. The van der Waals surface area contributed by atoms with Gasteiger partial charge in [-0.2, -0.15) is 4.37 Å². The van der Waals surface area contributed by atoms with Crippen LogP contribution in [0.4, 0.5) is 5.82 Å². The lowest BCUT2D eigenvalue weighted by molar-refractivity contribution is 0.103. The second kappa shape index (κ2) is 9.62. The third kappa shape index (κ3) is 5.60. The van der Waals surface area contributed by atoms with Gasteiger partial charge in [-0.25, -0.2) is 0 Å². The Morgan fingerprint density at radius 1 is 1.28 bits per heavy atom. The van der Waals surface area contributed by atoms with E-state index >= 15 is 0 Å². The van der Waals surface area contributed by atoms with Gasteiger partial charge in [0.2, 0.25) is 5.82 Å². The number of rotatable bonds is 9. The number of anilines is 1. The van der Waals surface area contributed by atoms with Crippen molar-refractivity contribution in [2.45, 2.75) is 12.5 Å². The van der Waals surface area contributed by atoms with Gasteiger partial charge in [-0.05, 0) is 30.7 Å². The maximum Gasteiger partial charge on any atom is 0.270 e. The van der Waals surface area contributed by atoms with Crippen molar-refractivity contribution in [2.24, 2.45) is 0 Å². The summed E-state index contributed by atoms with van der Waals surface area (Å²) in [6.07, 6.45) is 3.86. The van der Waals surface area contributed by atoms with Crippen LogP contribution in [0.2, 0.25) is 0 Å². The van der Waals surface area contributed by atoms with Crippen molar-refractivity contribution in [3.63, 3.8) is 0 Å². The first-order valence-electron chi connectivity index (χ1n) is 8.38. The molecule has 0 bridgehead atoms. The zero-order valence-corrected chi connectivity index (χ0v) is 14.8. The van der Waals surface area contributed by atoms with Gasteiger partial charge in [-0.15, -0.1) is 4.37 Å².